The van der Waals surface area contributed by atoms with Gasteiger partial charge in [0.1, 0.15) is 0 Å². The number of hydrogen-bond donors (Lipinski definition) is 1. The van der Waals surface area contributed by atoms with Crippen molar-refractivity contribution in [2.75, 3.05) is 0 Å². The van der Waals surface area contributed by atoms with Gasteiger partial charge in [-0.3, -0.25) is 4.79 Å². The molecule has 0 aliphatic carbocycles. The normalized spacial score (nSPS) is 12.7. The highest BCUT2D eigenvalue weighted by atomic mass is 32.2. The summed E-state index contributed by atoms with van der Waals surface area (Å²) >= 11 is 0. The summed E-state index contributed by atoms with van der Waals surface area (Å²) in [6.45, 7) is 5.83. The van der Waals surface area contributed by atoms with Crippen molar-refractivity contribution >= 4 is 15.9 Å². The topological polar surface area (TPSA) is 63.2 Å². The Labute approximate surface area is 172 Å². The number of aryl methyl sites for hydroxylation is 1. The van der Waals surface area contributed by atoms with Crippen LogP contribution in [0.25, 0.3) is 0 Å². The predicted molar refractivity (Wildman–Crippen MR) is 117 cm³/mol. The van der Waals surface area contributed by atoms with E-state index in [0.717, 1.165) is 18.4 Å². The number of benzene rings is 1. The molecule has 1 aromatic carbocycles. The van der Waals surface area contributed by atoms with Crippen LogP contribution in [0, 0.1) is 5.92 Å². The Bertz CT molecular complexity index is 653. The van der Waals surface area contributed by atoms with Gasteiger partial charge in [0.25, 0.3) is 10.0 Å². The molecule has 1 atom stereocenters. The molecule has 1 unspecified atom stereocenters. The monoisotopic (exact) mass is 409 g/mol. The minimum Gasteiger partial charge on any atom is -0.274 e. The van der Waals surface area contributed by atoms with E-state index < -0.39 is 15.9 Å². The molecule has 5 heteroatoms. The van der Waals surface area contributed by atoms with Gasteiger partial charge in [-0.15, -0.1) is 0 Å². The smallest absolute Gasteiger partial charge is 0.264 e. The van der Waals surface area contributed by atoms with Crippen LogP contribution >= 0.6 is 0 Å². The maximum atomic E-state index is 12.3. The molecule has 0 aliphatic heterocycles. The number of rotatable bonds is 15. The summed E-state index contributed by atoms with van der Waals surface area (Å²) < 4.78 is 26.7. The fourth-order valence-electron chi connectivity index (χ4n) is 3.13. The van der Waals surface area contributed by atoms with Crippen LogP contribution in [0.3, 0.4) is 0 Å². The molecule has 1 rings (SSSR count). The molecule has 0 radical (unpaired) electrons. The maximum absolute atomic E-state index is 12.3. The summed E-state index contributed by atoms with van der Waals surface area (Å²) in [6, 6.07) is 6.90. The van der Waals surface area contributed by atoms with Gasteiger partial charge in [-0.05, 0) is 37.0 Å². The standard InChI is InChI=1S/C23H39NO3S/c1-4-6-7-8-9-10-11-12-13-14-15-21-16-18-22(19-17-21)28(26,27)24-23(25)20(3)5-2/h16-20H,4-15H2,1-3H3,(H,24,25). The molecule has 0 spiro atoms. The van der Waals surface area contributed by atoms with Gasteiger partial charge in [0.05, 0.1) is 4.90 Å². The number of amides is 1. The van der Waals surface area contributed by atoms with Crippen LogP contribution in [0.5, 0.6) is 0 Å². The number of unbranched alkanes of at least 4 members (excludes halogenated alkanes) is 9. The summed E-state index contributed by atoms with van der Waals surface area (Å²) in [4.78, 5) is 12.0. The van der Waals surface area contributed by atoms with E-state index in [4.69, 9.17) is 0 Å². The van der Waals surface area contributed by atoms with E-state index in [0.29, 0.717) is 6.42 Å². The van der Waals surface area contributed by atoms with Crippen molar-refractivity contribution in [2.24, 2.45) is 5.92 Å². The van der Waals surface area contributed by atoms with Gasteiger partial charge in [-0.25, -0.2) is 13.1 Å². The van der Waals surface area contributed by atoms with Crippen LogP contribution in [0.2, 0.25) is 0 Å². The summed E-state index contributed by atoms with van der Waals surface area (Å²) in [5.74, 6) is -0.762. The van der Waals surface area contributed by atoms with Gasteiger partial charge in [0, 0.05) is 5.92 Å². The molecule has 0 aromatic heterocycles. The third kappa shape index (κ3) is 9.72. The fourth-order valence-corrected chi connectivity index (χ4v) is 4.21. The van der Waals surface area contributed by atoms with Crippen molar-refractivity contribution < 1.29 is 13.2 Å². The lowest BCUT2D eigenvalue weighted by Gasteiger charge is -2.11. The zero-order chi connectivity index (χ0) is 20.8. The molecule has 1 aromatic rings. The van der Waals surface area contributed by atoms with Gasteiger partial charge >= 0.3 is 0 Å². The highest BCUT2D eigenvalue weighted by Crippen LogP contribution is 2.15. The van der Waals surface area contributed by atoms with E-state index in [1.165, 1.54) is 57.8 Å². The van der Waals surface area contributed by atoms with Crippen LogP contribution in [-0.4, -0.2) is 14.3 Å². The van der Waals surface area contributed by atoms with Crippen molar-refractivity contribution in [1.82, 2.24) is 4.72 Å². The zero-order valence-electron chi connectivity index (χ0n) is 18.0. The first kappa shape index (κ1) is 24.7. The lowest BCUT2D eigenvalue weighted by Crippen LogP contribution is -2.34. The number of hydrogen-bond acceptors (Lipinski definition) is 3. The molecule has 160 valence electrons. The van der Waals surface area contributed by atoms with Crippen molar-refractivity contribution in [3.05, 3.63) is 29.8 Å². The predicted octanol–water partition coefficient (Wildman–Crippen LogP) is 6.00. The molecule has 0 aliphatic rings. The van der Waals surface area contributed by atoms with Crippen LogP contribution in [0.15, 0.2) is 29.2 Å². The summed E-state index contributed by atoms with van der Waals surface area (Å²) in [5, 5.41) is 0. The first-order valence-electron chi connectivity index (χ1n) is 11.1. The Kier molecular flexibility index (Phi) is 12.1. The molecule has 0 bridgehead atoms. The van der Waals surface area contributed by atoms with Crippen molar-refractivity contribution in [3.8, 4) is 0 Å². The quantitative estimate of drug-likeness (QED) is 0.361. The maximum Gasteiger partial charge on any atom is 0.264 e. The Balaban J connectivity index is 2.28. The van der Waals surface area contributed by atoms with E-state index in [9.17, 15) is 13.2 Å². The summed E-state index contributed by atoms with van der Waals surface area (Å²) in [6.07, 6.45) is 14.7. The van der Waals surface area contributed by atoms with E-state index in [2.05, 4.69) is 11.6 Å². The summed E-state index contributed by atoms with van der Waals surface area (Å²) in [5.41, 5.74) is 1.15. The Morgan fingerprint density at radius 2 is 1.36 bits per heavy atom. The van der Waals surface area contributed by atoms with Gasteiger partial charge < -0.3 is 0 Å². The van der Waals surface area contributed by atoms with Crippen molar-refractivity contribution in [2.45, 2.75) is 103 Å². The minimum absolute atomic E-state index is 0.149. The second kappa shape index (κ2) is 13.8. The van der Waals surface area contributed by atoms with Crippen molar-refractivity contribution in [1.29, 1.82) is 0 Å². The molecule has 0 fully saturated rings. The summed E-state index contributed by atoms with van der Waals surface area (Å²) in [7, 11) is -3.78. The second-order valence-electron chi connectivity index (χ2n) is 7.85. The Morgan fingerprint density at radius 1 is 0.857 bits per heavy atom. The van der Waals surface area contributed by atoms with E-state index in [-0.39, 0.29) is 10.8 Å². The SMILES string of the molecule is CCCCCCCCCCCCc1ccc(S(=O)(=O)NC(=O)C(C)CC)cc1. The average molecular weight is 410 g/mol. The van der Waals surface area contributed by atoms with E-state index in [1.807, 2.05) is 19.1 Å². The van der Waals surface area contributed by atoms with Gasteiger partial charge in [-0.2, -0.15) is 0 Å². The van der Waals surface area contributed by atoms with Crippen LogP contribution in [-0.2, 0) is 21.2 Å². The lowest BCUT2D eigenvalue weighted by atomic mass is 10.0. The highest BCUT2D eigenvalue weighted by Gasteiger charge is 2.20. The molecule has 0 saturated heterocycles. The highest BCUT2D eigenvalue weighted by molar-refractivity contribution is 7.90. The average Bonchev–Trinajstić information content (AvgIpc) is 2.68. The van der Waals surface area contributed by atoms with Crippen molar-refractivity contribution in [3.63, 3.8) is 0 Å². The lowest BCUT2D eigenvalue weighted by molar-refractivity contribution is -0.122. The third-order valence-electron chi connectivity index (χ3n) is 5.35. The number of carbonyl (C=O) groups is 1. The number of carbonyl (C=O) groups excluding carboxylic acids is 1. The molecular formula is C23H39NO3S. The first-order chi connectivity index (χ1) is 13.4. The molecule has 0 saturated carbocycles. The zero-order valence-corrected chi connectivity index (χ0v) is 18.8. The molecule has 4 nitrogen and oxygen atoms in total. The molecular weight excluding hydrogens is 370 g/mol. The molecule has 0 heterocycles. The number of nitrogens with one attached hydrogen (secondary N) is 1. The third-order valence-corrected chi connectivity index (χ3v) is 6.71. The largest absolute Gasteiger partial charge is 0.274 e. The van der Waals surface area contributed by atoms with Gasteiger partial charge in [-0.1, -0.05) is 90.7 Å². The fraction of sp³-hybridized carbons (Fsp3) is 0.696. The van der Waals surface area contributed by atoms with Crippen LogP contribution < -0.4 is 4.72 Å². The molecule has 1 amide bonds. The second-order valence-corrected chi connectivity index (χ2v) is 9.54. The molecule has 28 heavy (non-hydrogen) atoms. The van der Waals surface area contributed by atoms with E-state index >= 15 is 0 Å². The van der Waals surface area contributed by atoms with Gasteiger partial charge in [0.15, 0.2) is 0 Å². The first-order valence-corrected chi connectivity index (χ1v) is 12.5. The minimum atomic E-state index is -3.78. The van der Waals surface area contributed by atoms with Gasteiger partial charge in [0.2, 0.25) is 5.91 Å². The van der Waals surface area contributed by atoms with Crippen LogP contribution in [0.4, 0.5) is 0 Å². The number of sulfonamides is 1. The Hall–Kier alpha value is -1.36. The molecule has 1 N–H and O–H groups in total. The van der Waals surface area contributed by atoms with Crippen LogP contribution in [0.1, 0.15) is 97.0 Å². The Morgan fingerprint density at radius 3 is 1.86 bits per heavy atom. The van der Waals surface area contributed by atoms with E-state index in [1.54, 1.807) is 19.1 Å².